The van der Waals surface area contributed by atoms with Gasteiger partial charge in [0.15, 0.2) is 9.84 Å². The van der Waals surface area contributed by atoms with Crippen LogP contribution in [0.5, 0.6) is 0 Å². The van der Waals surface area contributed by atoms with Crippen molar-refractivity contribution in [2.24, 2.45) is 0 Å². The molecule has 1 atom stereocenters. The molecule has 8 heteroatoms. The van der Waals surface area contributed by atoms with E-state index in [4.69, 9.17) is 4.74 Å². The van der Waals surface area contributed by atoms with E-state index in [1.807, 2.05) is 0 Å². The second-order valence-corrected chi connectivity index (χ2v) is 8.78. The lowest BCUT2D eigenvalue weighted by atomic mass is 9.99. The minimum absolute atomic E-state index is 0.192. The first-order chi connectivity index (χ1) is 10.4. The highest BCUT2D eigenvalue weighted by Crippen LogP contribution is 2.29. The van der Waals surface area contributed by atoms with Gasteiger partial charge in [0.05, 0.1) is 26.6 Å². The number of halogens is 2. The summed E-state index contributed by atoms with van der Waals surface area (Å²) in [5, 5.41) is -0.804. The first-order valence-corrected chi connectivity index (χ1v) is 10.3. The molecule has 0 fully saturated rings. The van der Waals surface area contributed by atoms with Gasteiger partial charge in [0, 0.05) is 0 Å². The standard InChI is InChI=1S/C14H17Br2NO4S/c1-2-21-14(18)10-5-3-4-6-11(10)22(19,20)9-17-12(15)7-8-13(17)16/h5,7-8,11H,2-4,6,9H2,1H3. The SMILES string of the molecule is CCOC(=O)C1=CCCCC1S(=O)(=O)Cn1c(Br)ccc1Br. The maximum Gasteiger partial charge on any atom is 0.335 e. The van der Waals surface area contributed by atoms with Crippen LogP contribution in [0.2, 0.25) is 0 Å². The smallest absolute Gasteiger partial charge is 0.335 e. The maximum absolute atomic E-state index is 12.8. The molecule has 0 amide bonds. The Balaban J connectivity index is 2.29. The number of ether oxygens (including phenoxy) is 1. The van der Waals surface area contributed by atoms with Gasteiger partial charge in [-0.2, -0.15) is 0 Å². The van der Waals surface area contributed by atoms with Gasteiger partial charge in [0.1, 0.15) is 5.88 Å². The molecule has 2 rings (SSSR count). The summed E-state index contributed by atoms with van der Waals surface area (Å²) in [5.74, 6) is -0.718. The van der Waals surface area contributed by atoms with Crippen LogP contribution in [0.1, 0.15) is 26.2 Å². The number of hydrogen-bond donors (Lipinski definition) is 0. The highest BCUT2D eigenvalue weighted by molar-refractivity contribution is 9.11. The molecule has 122 valence electrons. The summed E-state index contributed by atoms with van der Waals surface area (Å²) in [6, 6.07) is 3.53. The summed E-state index contributed by atoms with van der Waals surface area (Å²) in [6.45, 7) is 1.94. The van der Waals surface area contributed by atoms with Gasteiger partial charge < -0.3 is 9.30 Å². The van der Waals surface area contributed by atoms with E-state index in [0.717, 1.165) is 6.42 Å². The van der Waals surface area contributed by atoms with Crippen molar-refractivity contribution in [2.45, 2.75) is 37.3 Å². The zero-order valence-corrected chi connectivity index (χ0v) is 16.1. The van der Waals surface area contributed by atoms with Crippen molar-refractivity contribution in [3.63, 3.8) is 0 Å². The summed E-state index contributed by atoms with van der Waals surface area (Å²) in [4.78, 5) is 12.0. The monoisotopic (exact) mass is 453 g/mol. The fraction of sp³-hybridized carbons (Fsp3) is 0.500. The number of sulfone groups is 1. The third kappa shape index (κ3) is 3.83. The summed E-state index contributed by atoms with van der Waals surface area (Å²) >= 11 is 6.65. The molecule has 0 bridgehead atoms. The van der Waals surface area contributed by atoms with Crippen molar-refractivity contribution >= 4 is 47.7 Å². The van der Waals surface area contributed by atoms with E-state index < -0.39 is 21.1 Å². The molecule has 1 aromatic rings. The Labute approximate surface area is 146 Å². The third-order valence-corrected chi connectivity index (χ3v) is 6.87. The van der Waals surface area contributed by atoms with Crippen LogP contribution in [-0.4, -0.2) is 30.8 Å². The number of hydrogen-bond acceptors (Lipinski definition) is 4. The molecule has 0 aliphatic heterocycles. The van der Waals surface area contributed by atoms with Gasteiger partial charge in [-0.15, -0.1) is 0 Å². The molecule has 1 aromatic heterocycles. The van der Waals surface area contributed by atoms with Crippen molar-refractivity contribution in [1.29, 1.82) is 0 Å². The van der Waals surface area contributed by atoms with Crippen LogP contribution in [0.3, 0.4) is 0 Å². The molecule has 0 saturated heterocycles. The number of esters is 1. The van der Waals surface area contributed by atoms with E-state index in [0.29, 0.717) is 22.0 Å². The van der Waals surface area contributed by atoms with Crippen LogP contribution >= 0.6 is 31.9 Å². The van der Waals surface area contributed by atoms with Gasteiger partial charge in [-0.05, 0) is 70.2 Å². The van der Waals surface area contributed by atoms with E-state index in [2.05, 4.69) is 31.9 Å². The van der Waals surface area contributed by atoms with Crippen molar-refractivity contribution in [3.05, 3.63) is 33.0 Å². The predicted molar refractivity (Wildman–Crippen MR) is 91.1 cm³/mol. The molecule has 1 aliphatic carbocycles. The quantitative estimate of drug-likeness (QED) is 0.639. The molecule has 1 unspecified atom stereocenters. The Morgan fingerprint density at radius 2 is 2.00 bits per heavy atom. The Bertz CT molecular complexity index is 674. The predicted octanol–water partition coefficient (Wildman–Crippen LogP) is 3.43. The van der Waals surface area contributed by atoms with Crippen LogP contribution < -0.4 is 0 Å². The van der Waals surface area contributed by atoms with Gasteiger partial charge in [-0.3, -0.25) is 0 Å². The maximum atomic E-state index is 12.8. The van der Waals surface area contributed by atoms with Gasteiger partial charge >= 0.3 is 5.97 Å². The van der Waals surface area contributed by atoms with Crippen LogP contribution in [0.15, 0.2) is 33.0 Å². The van der Waals surface area contributed by atoms with Crippen molar-refractivity contribution in [2.75, 3.05) is 6.61 Å². The lowest BCUT2D eigenvalue weighted by molar-refractivity contribution is -0.138. The van der Waals surface area contributed by atoms with Crippen LogP contribution in [-0.2, 0) is 25.2 Å². The number of allylic oxidation sites excluding steroid dienone is 1. The minimum atomic E-state index is -3.53. The number of carbonyl (C=O) groups excluding carboxylic acids is 1. The molecular formula is C14H17Br2NO4S. The fourth-order valence-corrected chi connectivity index (χ4v) is 5.85. The molecule has 22 heavy (non-hydrogen) atoms. The Morgan fingerprint density at radius 1 is 1.36 bits per heavy atom. The highest BCUT2D eigenvalue weighted by atomic mass is 79.9. The zero-order chi connectivity index (χ0) is 16.3. The number of carbonyl (C=O) groups is 1. The zero-order valence-electron chi connectivity index (χ0n) is 12.1. The van der Waals surface area contributed by atoms with Gasteiger partial charge in [-0.1, -0.05) is 6.08 Å². The van der Waals surface area contributed by atoms with E-state index in [9.17, 15) is 13.2 Å². The summed E-state index contributed by atoms with van der Waals surface area (Å²) in [7, 11) is -3.53. The van der Waals surface area contributed by atoms with E-state index >= 15 is 0 Å². The normalized spacial score (nSPS) is 18.9. The number of rotatable bonds is 5. The molecule has 0 spiro atoms. The van der Waals surface area contributed by atoms with Crippen LogP contribution in [0.4, 0.5) is 0 Å². The Morgan fingerprint density at radius 3 is 2.59 bits per heavy atom. The Kier molecular flexibility index (Phi) is 5.90. The lowest BCUT2D eigenvalue weighted by Gasteiger charge is -2.23. The van der Waals surface area contributed by atoms with E-state index in [1.165, 1.54) is 0 Å². The molecule has 1 aliphatic rings. The molecular weight excluding hydrogens is 438 g/mol. The van der Waals surface area contributed by atoms with Gasteiger partial charge in [-0.25, -0.2) is 13.2 Å². The average Bonchev–Trinajstić information content (AvgIpc) is 2.79. The fourth-order valence-electron chi connectivity index (χ4n) is 2.46. The van der Waals surface area contributed by atoms with E-state index in [-0.39, 0.29) is 18.1 Å². The van der Waals surface area contributed by atoms with Crippen molar-refractivity contribution < 1.29 is 17.9 Å². The largest absolute Gasteiger partial charge is 0.463 e. The number of nitrogens with zero attached hydrogens (tertiary/aromatic N) is 1. The summed E-state index contributed by atoms with van der Waals surface area (Å²) in [6.07, 6.45) is 3.60. The van der Waals surface area contributed by atoms with Crippen molar-refractivity contribution in [3.8, 4) is 0 Å². The first-order valence-electron chi connectivity index (χ1n) is 6.96. The molecule has 0 N–H and O–H groups in total. The van der Waals surface area contributed by atoms with Crippen molar-refractivity contribution in [1.82, 2.24) is 4.57 Å². The average molecular weight is 455 g/mol. The Hall–Kier alpha value is -0.600. The van der Waals surface area contributed by atoms with E-state index in [1.54, 1.807) is 29.7 Å². The topological polar surface area (TPSA) is 65.4 Å². The first kappa shape index (κ1) is 17.7. The van der Waals surface area contributed by atoms with Crippen LogP contribution in [0.25, 0.3) is 0 Å². The minimum Gasteiger partial charge on any atom is -0.463 e. The molecule has 1 heterocycles. The molecule has 0 saturated carbocycles. The second kappa shape index (κ2) is 7.31. The number of aromatic nitrogens is 1. The van der Waals surface area contributed by atoms with Crippen LogP contribution in [0, 0.1) is 0 Å². The summed E-state index contributed by atoms with van der Waals surface area (Å²) < 4.78 is 33.5. The van der Waals surface area contributed by atoms with Gasteiger partial charge in [0.2, 0.25) is 0 Å². The highest BCUT2D eigenvalue weighted by Gasteiger charge is 2.35. The third-order valence-electron chi connectivity index (χ3n) is 3.51. The second-order valence-electron chi connectivity index (χ2n) is 5.00. The molecule has 5 nitrogen and oxygen atoms in total. The summed E-state index contributed by atoms with van der Waals surface area (Å²) in [5.41, 5.74) is 0.271. The lowest BCUT2D eigenvalue weighted by Crippen LogP contribution is -2.33. The van der Waals surface area contributed by atoms with Gasteiger partial charge in [0.25, 0.3) is 0 Å². The molecule has 0 radical (unpaired) electrons. The molecule has 0 aromatic carbocycles.